The van der Waals surface area contributed by atoms with Gasteiger partial charge in [0.1, 0.15) is 11.3 Å². The van der Waals surface area contributed by atoms with Gasteiger partial charge >= 0.3 is 11.6 Å². The molecular formula is C12H12O6. The molecule has 18 heavy (non-hydrogen) atoms. The van der Waals surface area contributed by atoms with E-state index in [1.807, 2.05) is 0 Å². The lowest BCUT2D eigenvalue weighted by Gasteiger charge is -2.30. The maximum atomic E-state index is 11.8. The Balaban J connectivity index is 2.56. The van der Waals surface area contributed by atoms with Crippen molar-refractivity contribution in [1.29, 1.82) is 0 Å². The van der Waals surface area contributed by atoms with Crippen LogP contribution < -0.4 is 5.63 Å². The van der Waals surface area contributed by atoms with Crippen molar-refractivity contribution in [2.45, 2.75) is 26.6 Å². The summed E-state index contributed by atoms with van der Waals surface area (Å²) in [5, 5.41) is 9.73. The van der Waals surface area contributed by atoms with E-state index < -0.39 is 23.3 Å². The lowest BCUT2D eigenvalue weighted by molar-refractivity contribution is -0.216. The second-order valence-electron chi connectivity index (χ2n) is 4.35. The minimum absolute atomic E-state index is 0.190. The van der Waals surface area contributed by atoms with Crippen molar-refractivity contribution >= 4 is 11.5 Å². The first-order valence-corrected chi connectivity index (χ1v) is 5.26. The van der Waals surface area contributed by atoms with E-state index in [-0.39, 0.29) is 11.1 Å². The van der Waals surface area contributed by atoms with Gasteiger partial charge in [-0.15, -0.1) is 0 Å². The highest BCUT2D eigenvalue weighted by atomic mass is 16.8. The number of rotatable bonds is 1. The van der Waals surface area contributed by atoms with Crippen molar-refractivity contribution in [2.24, 2.45) is 0 Å². The zero-order valence-corrected chi connectivity index (χ0v) is 10.1. The van der Waals surface area contributed by atoms with Crippen molar-refractivity contribution in [2.75, 3.05) is 0 Å². The van der Waals surface area contributed by atoms with Crippen LogP contribution in [0.15, 0.2) is 27.3 Å². The Hall–Kier alpha value is -2.24. The molecule has 0 aromatic carbocycles. The summed E-state index contributed by atoms with van der Waals surface area (Å²) >= 11 is 0. The van der Waals surface area contributed by atoms with Crippen LogP contribution in [0, 0.1) is 6.92 Å². The summed E-state index contributed by atoms with van der Waals surface area (Å²) in [6, 6.07) is 2.53. The van der Waals surface area contributed by atoms with Crippen molar-refractivity contribution in [1.82, 2.24) is 0 Å². The van der Waals surface area contributed by atoms with Gasteiger partial charge in [-0.3, -0.25) is 0 Å². The fourth-order valence-electron chi connectivity index (χ4n) is 1.66. The first-order valence-electron chi connectivity index (χ1n) is 5.26. The van der Waals surface area contributed by atoms with Gasteiger partial charge in [0, 0.05) is 25.5 Å². The molecule has 0 fully saturated rings. The average molecular weight is 252 g/mol. The van der Waals surface area contributed by atoms with E-state index in [0.717, 1.165) is 6.07 Å². The van der Waals surface area contributed by atoms with E-state index >= 15 is 0 Å². The van der Waals surface area contributed by atoms with Crippen LogP contribution in [-0.4, -0.2) is 16.9 Å². The minimum Gasteiger partial charge on any atom is -0.480 e. The lowest BCUT2D eigenvalue weighted by Crippen LogP contribution is -2.36. The Bertz CT molecular complexity index is 593. The number of carbonyl (C=O) groups is 1. The molecule has 0 aliphatic carbocycles. The van der Waals surface area contributed by atoms with E-state index in [1.165, 1.54) is 19.9 Å². The molecule has 1 aromatic rings. The molecule has 0 atom stereocenters. The first kappa shape index (κ1) is 12.2. The third kappa shape index (κ3) is 2.22. The van der Waals surface area contributed by atoms with Crippen LogP contribution >= 0.6 is 0 Å². The first-order chi connectivity index (χ1) is 8.28. The topological polar surface area (TPSA) is 86.0 Å². The number of aliphatic hydroxyl groups is 1. The number of ether oxygens (including phenoxy) is 2. The Labute approximate surface area is 102 Å². The SMILES string of the molecule is Cc1cc(C2=C(O)OC(C)(C)OC2=O)cc(=O)o1. The number of aryl methyl sites for hydroxylation is 1. The molecule has 6 nitrogen and oxygen atoms in total. The molecule has 0 saturated carbocycles. The molecule has 1 aromatic heterocycles. The fourth-order valence-corrected chi connectivity index (χ4v) is 1.66. The quantitative estimate of drug-likeness (QED) is 0.762. The molecule has 2 heterocycles. The molecular weight excluding hydrogens is 240 g/mol. The molecule has 0 unspecified atom stereocenters. The second kappa shape index (κ2) is 3.90. The average Bonchev–Trinajstić information content (AvgIpc) is 2.11. The van der Waals surface area contributed by atoms with E-state index in [9.17, 15) is 14.7 Å². The zero-order chi connectivity index (χ0) is 13.5. The predicted molar refractivity (Wildman–Crippen MR) is 60.5 cm³/mol. The number of hydrogen-bond donors (Lipinski definition) is 1. The Morgan fingerprint density at radius 3 is 2.39 bits per heavy atom. The minimum atomic E-state index is -1.24. The van der Waals surface area contributed by atoms with Crippen LogP contribution in [0.1, 0.15) is 25.2 Å². The van der Waals surface area contributed by atoms with E-state index in [2.05, 4.69) is 0 Å². The summed E-state index contributed by atoms with van der Waals surface area (Å²) < 4.78 is 14.8. The Morgan fingerprint density at radius 1 is 1.17 bits per heavy atom. The molecule has 0 bridgehead atoms. The van der Waals surface area contributed by atoms with Crippen LogP contribution in [0.4, 0.5) is 0 Å². The molecule has 0 radical (unpaired) electrons. The van der Waals surface area contributed by atoms with E-state index in [4.69, 9.17) is 13.9 Å². The third-order valence-corrected chi connectivity index (χ3v) is 2.28. The summed E-state index contributed by atoms with van der Waals surface area (Å²) in [5.74, 6) is -2.25. The van der Waals surface area contributed by atoms with Gasteiger partial charge in [0.05, 0.1) is 0 Å². The fraction of sp³-hybridized carbons (Fsp3) is 0.333. The van der Waals surface area contributed by atoms with Gasteiger partial charge in [0.2, 0.25) is 0 Å². The summed E-state index contributed by atoms with van der Waals surface area (Å²) in [6.45, 7) is 4.53. The van der Waals surface area contributed by atoms with Gasteiger partial charge in [-0.25, -0.2) is 9.59 Å². The van der Waals surface area contributed by atoms with Gasteiger partial charge in [0.15, 0.2) is 0 Å². The number of hydrogen-bond acceptors (Lipinski definition) is 6. The van der Waals surface area contributed by atoms with Crippen molar-refractivity contribution < 1.29 is 23.8 Å². The summed E-state index contributed by atoms with van der Waals surface area (Å²) in [5.41, 5.74) is -0.616. The molecule has 96 valence electrons. The highest BCUT2D eigenvalue weighted by molar-refractivity contribution is 6.17. The van der Waals surface area contributed by atoms with Crippen LogP contribution in [0.3, 0.4) is 0 Å². The smallest absolute Gasteiger partial charge is 0.349 e. The van der Waals surface area contributed by atoms with Gasteiger partial charge in [-0.2, -0.15) is 0 Å². The molecule has 0 saturated heterocycles. The standard InChI is InChI=1S/C12H12O6/c1-6-4-7(5-8(13)16-6)9-10(14)17-12(2,3)18-11(9)15/h4-5,14H,1-3H3. The molecule has 2 rings (SSSR count). The molecule has 1 aliphatic heterocycles. The Kier molecular flexibility index (Phi) is 2.65. The van der Waals surface area contributed by atoms with Crippen molar-refractivity contribution in [3.8, 4) is 0 Å². The maximum Gasteiger partial charge on any atom is 0.349 e. The summed E-state index contributed by atoms with van der Waals surface area (Å²) in [7, 11) is 0. The summed E-state index contributed by atoms with van der Waals surface area (Å²) in [6.07, 6.45) is 0. The summed E-state index contributed by atoms with van der Waals surface area (Å²) in [4.78, 5) is 23.0. The van der Waals surface area contributed by atoms with E-state index in [1.54, 1.807) is 6.92 Å². The number of esters is 1. The van der Waals surface area contributed by atoms with Crippen molar-refractivity contribution in [3.05, 3.63) is 39.8 Å². The predicted octanol–water partition coefficient (Wildman–Crippen LogP) is 1.48. The van der Waals surface area contributed by atoms with Gasteiger partial charge in [0.25, 0.3) is 11.7 Å². The largest absolute Gasteiger partial charge is 0.480 e. The lowest BCUT2D eigenvalue weighted by atomic mass is 10.1. The highest BCUT2D eigenvalue weighted by Gasteiger charge is 2.37. The molecule has 0 spiro atoms. The molecule has 1 N–H and O–H groups in total. The molecule has 0 amide bonds. The highest BCUT2D eigenvalue weighted by Crippen LogP contribution is 2.30. The van der Waals surface area contributed by atoms with Gasteiger partial charge in [-0.05, 0) is 13.0 Å². The van der Waals surface area contributed by atoms with Crippen LogP contribution in [0.2, 0.25) is 0 Å². The number of aliphatic hydroxyl groups excluding tert-OH is 1. The number of cyclic esters (lactones) is 1. The molecule has 1 aliphatic rings. The maximum absolute atomic E-state index is 11.8. The van der Waals surface area contributed by atoms with Crippen LogP contribution in [0.5, 0.6) is 0 Å². The second-order valence-corrected chi connectivity index (χ2v) is 4.35. The van der Waals surface area contributed by atoms with E-state index in [0.29, 0.717) is 5.76 Å². The monoisotopic (exact) mass is 252 g/mol. The Morgan fingerprint density at radius 2 is 1.83 bits per heavy atom. The number of carbonyl (C=O) groups excluding carboxylic acids is 1. The van der Waals surface area contributed by atoms with Gasteiger partial charge in [-0.1, -0.05) is 0 Å². The van der Waals surface area contributed by atoms with Gasteiger partial charge < -0.3 is 19.0 Å². The third-order valence-electron chi connectivity index (χ3n) is 2.28. The van der Waals surface area contributed by atoms with Crippen molar-refractivity contribution in [3.63, 3.8) is 0 Å². The van der Waals surface area contributed by atoms with Crippen LogP contribution in [0.25, 0.3) is 5.57 Å². The zero-order valence-electron chi connectivity index (χ0n) is 10.1. The van der Waals surface area contributed by atoms with Crippen LogP contribution in [-0.2, 0) is 14.3 Å². The molecule has 6 heteroatoms. The normalized spacial score (nSPS) is 18.3.